The summed E-state index contributed by atoms with van der Waals surface area (Å²) in [5.41, 5.74) is 3.35. The van der Waals surface area contributed by atoms with Crippen LogP contribution in [0.15, 0.2) is 36.4 Å². The molecule has 5 rings (SSSR count). The third-order valence-electron chi connectivity index (χ3n) is 8.73. The van der Waals surface area contributed by atoms with Crippen LogP contribution in [0.1, 0.15) is 87.7 Å². The second-order valence-corrected chi connectivity index (χ2v) is 13.2. The highest BCUT2D eigenvalue weighted by Crippen LogP contribution is 2.46. The van der Waals surface area contributed by atoms with Gasteiger partial charge in [-0.3, -0.25) is 4.79 Å². The minimum absolute atomic E-state index is 0.111. The van der Waals surface area contributed by atoms with Gasteiger partial charge in [-0.05, 0) is 120 Å². The molecule has 40 heavy (non-hydrogen) atoms. The number of hydrogen-bond donors (Lipinski definition) is 0. The van der Waals surface area contributed by atoms with Crippen molar-refractivity contribution in [2.45, 2.75) is 83.7 Å². The summed E-state index contributed by atoms with van der Waals surface area (Å²) < 4.78 is 17.4. The standard InChI is InChI=1S/C33H42ClNO5/c1-5-38-30(36)15-11-22-8-9-25(22)19-35-20-33(16-6-7-23-17-26(34)12-13-27(23)33)21-39-29-14-10-24(18-28(29)35)31(37)40-32(2,3)4/h10,12-14,17-18,22,25H,5-9,11,15-16,19-21H2,1-4H3/t22-,25-,33-/m0/s1. The number of ether oxygens (including phenoxy) is 3. The fourth-order valence-electron chi connectivity index (χ4n) is 6.66. The first-order chi connectivity index (χ1) is 19.1. The summed E-state index contributed by atoms with van der Waals surface area (Å²) in [6.07, 6.45) is 6.71. The lowest BCUT2D eigenvalue weighted by Gasteiger charge is -2.44. The second kappa shape index (κ2) is 11.6. The van der Waals surface area contributed by atoms with E-state index in [0.717, 1.165) is 68.1 Å². The summed E-state index contributed by atoms with van der Waals surface area (Å²) in [6.45, 7) is 10.1. The number of carbonyl (C=O) groups excluding carboxylic acids is 2. The van der Waals surface area contributed by atoms with E-state index in [1.165, 1.54) is 11.1 Å². The minimum atomic E-state index is -0.574. The molecule has 0 bridgehead atoms. The molecule has 0 N–H and O–H groups in total. The smallest absolute Gasteiger partial charge is 0.338 e. The number of anilines is 1. The molecule has 1 heterocycles. The van der Waals surface area contributed by atoms with Gasteiger partial charge in [0.25, 0.3) is 0 Å². The second-order valence-electron chi connectivity index (χ2n) is 12.7. The van der Waals surface area contributed by atoms with Gasteiger partial charge in [0.2, 0.25) is 0 Å². The van der Waals surface area contributed by atoms with E-state index >= 15 is 0 Å². The Bertz CT molecular complexity index is 1250. The molecule has 2 aromatic rings. The van der Waals surface area contributed by atoms with Gasteiger partial charge in [-0.2, -0.15) is 0 Å². The Labute approximate surface area is 243 Å². The third-order valence-corrected chi connectivity index (χ3v) is 8.96. The summed E-state index contributed by atoms with van der Waals surface area (Å²) in [4.78, 5) is 27.5. The fraction of sp³-hybridized carbons (Fsp3) is 0.576. The van der Waals surface area contributed by atoms with Crippen molar-refractivity contribution in [2.24, 2.45) is 11.8 Å². The number of fused-ring (bicyclic) bond motifs is 3. The van der Waals surface area contributed by atoms with Crippen LogP contribution >= 0.6 is 11.6 Å². The molecule has 0 unspecified atom stereocenters. The van der Waals surface area contributed by atoms with Crippen molar-refractivity contribution >= 4 is 29.2 Å². The number of rotatable bonds is 7. The Morgan fingerprint density at radius 2 is 1.93 bits per heavy atom. The number of nitrogens with zero attached hydrogens (tertiary/aromatic N) is 1. The van der Waals surface area contributed by atoms with Gasteiger partial charge in [0.15, 0.2) is 0 Å². The third kappa shape index (κ3) is 6.27. The highest BCUT2D eigenvalue weighted by atomic mass is 35.5. The van der Waals surface area contributed by atoms with Gasteiger partial charge in [0.05, 0.1) is 24.5 Å². The molecule has 0 radical (unpaired) electrons. The van der Waals surface area contributed by atoms with Crippen LogP contribution in [0, 0.1) is 11.8 Å². The first kappa shape index (κ1) is 28.8. The summed E-state index contributed by atoms with van der Waals surface area (Å²) in [5, 5.41) is 0.770. The SMILES string of the molecule is CCOC(=O)CC[C@@H]1CC[C@H]1CN1C[C@@]2(CCCc3cc(Cl)ccc32)COc2ccc(C(=O)OC(C)(C)C)cc21. The summed E-state index contributed by atoms with van der Waals surface area (Å²) in [7, 11) is 0. The zero-order valence-corrected chi connectivity index (χ0v) is 25.0. The lowest BCUT2D eigenvalue weighted by atomic mass is 9.69. The predicted octanol–water partition coefficient (Wildman–Crippen LogP) is 7.14. The van der Waals surface area contributed by atoms with Crippen LogP contribution in [0.5, 0.6) is 5.75 Å². The van der Waals surface area contributed by atoms with E-state index in [1.807, 2.05) is 52.0 Å². The van der Waals surface area contributed by atoms with Crippen molar-refractivity contribution in [3.05, 3.63) is 58.1 Å². The molecule has 2 aromatic carbocycles. The van der Waals surface area contributed by atoms with Crippen LogP contribution in [0.3, 0.4) is 0 Å². The van der Waals surface area contributed by atoms with Crippen molar-refractivity contribution in [3.63, 3.8) is 0 Å². The predicted molar refractivity (Wildman–Crippen MR) is 157 cm³/mol. The Hall–Kier alpha value is -2.73. The quantitative estimate of drug-likeness (QED) is 0.331. The van der Waals surface area contributed by atoms with E-state index in [0.29, 0.717) is 37.0 Å². The van der Waals surface area contributed by atoms with E-state index in [2.05, 4.69) is 17.0 Å². The molecule has 0 amide bonds. The maximum atomic E-state index is 13.0. The van der Waals surface area contributed by atoms with E-state index in [-0.39, 0.29) is 17.4 Å². The molecule has 1 fully saturated rings. The van der Waals surface area contributed by atoms with Gasteiger partial charge in [0.1, 0.15) is 11.4 Å². The van der Waals surface area contributed by atoms with Gasteiger partial charge in [-0.15, -0.1) is 0 Å². The Morgan fingerprint density at radius 1 is 1.12 bits per heavy atom. The van der Waals surface area contributed by atoms with E-state index in [4.69, 9.17) is 25.8 Å². The van der Waals surface area contributed by atoms with Gasteiger partial charge >= 0.3 is 11.9 Å². The summed E-state index contributed by atoms with van der Waals surface area (Å²) in [5.74, 6) is 1.31. The van der Waals surface area contributed by atoms with Crippen molar-refractivity contribution in [2.75, 3.05) is 31.2 Å². The lowest BCUT2D eigenvalue weighted by molar-refractivity contribution is -0.143. The van der Waals surface area contributed by atoms with E-state index < -0.39 is 5.60 Å². The van der Waals surface area contributed by atoms with Crippen molar-refractivity contribution < 1.29 is 23.8 Å². The molecular formula is C33H42ClNO5. The van der Waals surface area contributed by atoms with Crippen LogP contribution in [-0.4, -0.2) is 43.8 Å². The van der Waals surface area contributed by atoms with Crippen molar-refractivity contribution in [1.82, 2.24) is 0 Å². The molecule has 1 spiro atoms. The van der Waals surface area contributed by atoms with Crippen LogP contribution in [0.25, 0.3) is 0 Å². The number of hydrogen-bond acceptors (Lipinski definition) is 6. The highest BCUT2D eigenvalue weighted by molar-refractivity contribution is 6.30. The molecule has 6 nitrogen and oxygen atoms in total. The molecule has 0 saturated heterocycles. The number of aryl methyl sites for hydroxylation is 1. The van der Waals surface area contributed by atoms with Gasteiger partial charge in [-0.1, -0.05) is 17.7 Å². The lowest BCUT2D eigenvalue weighted by Crippen LogP contribution is -2.48. The zero-order chi connectivity index (χ0) is 28.5. The number of carbonyl (C=O) groups is 2. The largest absolute Gasteiger partial charge is 0.490 e. The minimum Gasteiger partial charge on any atom is -0.490 e. The molecule has 7 heteroatoms. The maximum absolute atomic E-state index is 13.0. The number of halogens is 1. The van der Waals surface area contributed by atoms with E-state index in [1.54, 1.807) is 0 Å². The fourth-order valence-corrected chi connectivity index (χ4v) is 6.85. The molecule has 216 valence electrons. The first-order valence-corrected chi connectivity index (χ1v) is 15.1. The topological polar surface area (TPSA) is 65.1 Å². The van der Waals surface area contributed by atoms with Crippen LogP contribution in [0.2, 0.25) is 5.02 Å². The molecule has 0 aromatic heterocycles. The maximum Gasteiger partial charge on any atom is 0.338 e. The monoisotopic (exact) mass is 567 g/mol. The Morgan fingerprint density at radius 3 is 2.65 bits per heavy atom. The van der Waals surface area contributed by atoms with Crippen molar-refractivity contribution in [1.29, 1.82) is 0 Å². The molecular weight excluding hydrogens is 526 g/mol. The van der Waals surface area contributed by atoms with Gasteiger partial charge in [0, 0.05) is 29.9 Å². The molecule has 3 aliphatic rings. The summed E-state index contributed by atoms with van der Waals surface area (Å²) in [6, 6.07) is 12.0. The normalized spacial score (nSPS) is 23.8. The van der Waals surface area contributed by atoms with Gasteiger partial charge in [-0.25, -0.2) is 4.79 Å². The van der Waals surface area contributed by atoms with Gasteiger partial charge < -0.3 is 19.1 Å². The molecule has 1 aliphatic heterocycles. The summed E-state index contributed by atoms with van der Waals surface area (Å²) >= 11 is 6.40. The van der Waals surface area contributed by atoms with Crippen LogP contribution in [-0.2, 0) is 26.1 Å². The Kier molecular flexibility index (Phi) is 8.37. The van der Waals surface area contributed by atoms with Crippen LogP contribution in [0.4, 0.5) is 5.69 Å². The Balaban J connectivity index is 1.46. The average molecular weight is 568 g/mol. The van der Waals surface area contributed by atoms with E-state index in [9.17, 15) is 9.59 Å². The molecule has 1 saturated carbocycles. The molecule has 3 atom stereocenters. The number of benzene rings is 2. The van der Waals surface area contributed by atoms with Crippen molar-refractivity contribution in [3.8, 4) is 5.75 Å². The van der Waals surface area contributed by atoms with Crippen LogP contribution < -0.4 is 9.64 Å². The number of esters is 2. The average Bonchev–Trinajstić information content (AvgIpc) is 3.03. The first-order valence-electron chi connectivity index (χ1n) is 14.8. The highest BCUT2D eigenvalue weighted by Gasteiger charge is 2.43. The zero-order valence-electron chi connectivity index (χ0n) is 24.3. The molecule has 2 aliphatic carbocycles.